The predicted molar refractivity (Wildman–Crippen MR) is 263 cm³/mol. The third-order valence-electron chi connectivity index (χ3n) is 12.1. The lowest BCUT2D eigenvalue weighted by atomic mass is 9.98. The molecule has 0 amide bonds. The van der Waals surface area contributed by atoms with E-state index in [1.54, 1.807) is 0 Å². The van der Waals surface area contributed by atoms with Gasteiger partial charge < -0.3 is 0 Å². The predicted octanol–water partition coefficient (Wildman–Crippen LogP) is 10.6. The van der Waals surface area contributed by atoms with E-state index in [0.717, 1.165) is 22.5 Å². The van der Waals surface area contributed by atoms with Crippen molar-refractivity contribution in [1.82, 2.24) is 30.8 Å². The van der Waals surface area contributed by atoms with Gasteiger partial charge in [0.1, 0.15) is 11.4 Å². The molecule has 0 atom stereocenters. The fourth-order valence-corrected chi connectivity index (χ4v) is 15.3. The molecule has 2 heterocycles. The highest BCUT2D eigenvalue weighted by Gasteiger charge is 2.32. The molecule has 9 aromatic rings. The smallest absolute Gasteiger partial charge is 0.112 e. The monoisotopic (exact) mass is 844 g/mol. The van der Waals surface area contributed by atoms with Gasteiger partial charge in [0.25, 0.3) is 0 Å². The maximum atomic E-state index is 4.35. The van der Waals surface area contributed by atoms with Crippen molar-refractivity contribution in [2.75, 3.05) is 0 Å². The van der Waals surface area contributed by atoms with Gasteiger partial charge >= 0.3 is 0 Å². The summed E-state index contributed by atoms with van der Waals surface area (Å²) in [4.78, 5) is 0. The lowest BCUT2D eigenvalue weighted by molar-refractivity contribution is 0.942. The lowest BCUT2D eigenvalue weighted by Crippen LogP contribution is -2.32. The molecule has 6 nitrogen and oxygen atoms in total. The molecule has 8 heteroatoms. The minimum absolute atomic E-state index is 0.823. The molecule has 0 radical (unpaired) electrons. The second-order valence-corrected chi connectivity index (χ2v) is 20.5. The number of hydrogen-bond donors (Lipinski definition) is 2. The van der Waals surface area contributed by atoms with E-state index in [1.807, 2.05) is 12.4 Å². The minimum Gasteiger partial charge on any atom is -0.265 e. The first-order chi connectivity index (χ1) is 30.1. The van der Waals surface area contributed by atoms with Crippen molar-refractivity contribution in [2.45, 2.75) is 55.4 Å². The van der Waals surface area contributed by atoms with E-state index in [-0.39, 0.29) is 0 Å². The van der Waals surface area contributed by atoms with E-state index < -0.39 is 15.8 Å². The van der Waals surface area contributed by atoms with Crippen LogP contribution in [0.2, 0.25) is 0 Å². The molecule has 0 bridgehead atoms. The summed E-state index contributed by atoms with van der Waals surface area (Å²) in [5, 5.41) is 30.8. The number of H-pyrrole nitrogens is 2. The van der Waals surface area contributed by atoms with Crippen molar-refractivity contribution in [3.8, 4) is 44.8 Å². The molecule has 7 aromatic carbocycles. The molecule has 0 aliphatic carbocycles. The Bertz CT molecular complexity index is 2650. The summed E-state index contributed by atoms with van der Waals surface area (Å²) in [6, 6.07) is 50.1. The number of aromatic amines is 2. The van der Waals surface area contributed by atoms with Crippen LogP contribution >= 0.6 is 15.8 Å². The minimum atomic E-state index is -1.07. The molecule has 0 unspecified atom stereocenters. The Balaban J connectivity index is 1.44. The first-order valence-corrected chi connectivity index (χ1v) is 23.7. The third kappa shape index (κ3) is 7.64. The number of nitrogens with zero attached hydrogens (tertiary/aromatic N) is 4. The van der Waals surface area contributed by atoms with E-state index in [4.69, 9.17) is 0 Å². The fourth-order valence-electron chi connectivity index (χ4n) is 9.07. The zero-order chi connectivity index (χ0) is 43.1. The largest absolute Gasteiger partial charge is 0.265 e. The lowest BCUT2D eigenvalue weighted by Gasteiger charge is -2.32. The second kappa shape index (κ2) is 17.2. The van der Waals surface area contributed by atoms with Crippen LogP contribution in [0.25, 0.3) is 44.8 Å². The molecule has 0 fully saturated rings. The van der Waals surface area contributed by atoms with Gasteiger partial charge in [0.05, 0.1) is 0 Å². The number of aryl methyl sites for hydroxylation is 8. The second-order valence-electron chi connectivity index (χ2n) is 16.4. The maximum absolute atomic E-state index is 4.35. The Morgan fingerprint density at radius 2 is 0.597 bits per heavy atom. The van der Waals surface area contributed by atoms with Gasteiger partial charge in [-0.15, -0.1) is 10.2 Å². The van der Waals surface area contributed by atoms with E-state index in [1.165, 1.54) is 98.6 Å². The van der Waals surface area contributed by atoms with Gasteiger partial charge in [0.2, 0.25) is 0 Å². The molecule has 9 rings (SSSR count). The van der Waals surface area contributed by atoms with Crippen LogP contribution in [-0.4, -0.2) is 30.8 Å². The van der Waals surface area contributed by atoms with E-state index in [9.17, 15) is 0 Å². The number of hydrogen-bond acceptors (Lipinski definition) is 4. The summed E-state index contributed by atoms with van der Waals surface area (Å²) in [7, 11) is -2.14. The maximum Gasteiger partial charge on any atom is 0.112 e. The first-order valence-electron chi connectivity index (χ1n) is 21.1. The fraction of sp³-hybridized carbons (Fsp3) is 0.148. The molecule has 0 aliphatic rings. The van der Waals surface area contributed by atoms with Gasteiger partial charge in [-0.05, 0) is 182 Å². The Hall–Kier alpha value is -6.32. The van der Waals surface area contributed by atoms with Gasteiger partial charge in [-0.1, -0.05) is 132 Å². The van der Waals surface area contributed by atoms with Gasteiger partial charge in [-0.2, -0.15) is 0 Å². The first kappa shape index (κ1) is 41.1. The summed E-state index contributed by atoms with van der Waals surface area (Å²) in [5.41, 5.74) is 19.0. The molecule has 2 aromatic heterocycles. The van der Waals surface area contributed by atoms with Crippen LogP contribution in [0.4, 0.5) is 0 Å². The zero-order valence-corrected chi connectivity index (χ0v) is 38.3. The SMILES string of the molecule is Cc1cccc(C)c1P(c1cc(-c2ccc(-c3c[nH]nn3)cc2)c(P(c2c(C)cccc2C)c2c(C)cccc2C)cc1-c1ccc(-c2c[nH]nn2)cc1)c1c(C)cccc1C. The van der Waals surface area contributed by atoms with Crippen molar-refractivity contribution in [3.63, 3.8) is 0 Å². The van der Waals surface area contributed by atoms with Crippen molar-refractivity contribution >= 4 is 47.7 Å². The average Bonchev–Trinajstić information content (AvgIpc) is 4.01. The highest BCUT2D eigenvalue weighted by atomic mass is 31.1. The molecule has 306 valence electrons. The van der Waals surface area contributed by atoms with E-state index in [0.29, 0.717) is 0 Å². The van der Waals surface area contributed by atoms with Crippen molar-refractivity contribution in [3.05, 3.63) is 190 Å². The van der Waals surface area contributed by atoms with Crippen LogP contribution in [-0.2, 0) is 0 Å². The van der Waals surface area contributed by atoms with E-state index >= 15 is 0 Å². The molecule has 62 heavy (non-hydrogen) atoms. The summed E-state index contributed by atoms with van der Waals surface area (Å²) in [6.07, 6.45) is 3.70. The molecule has 0 spiro atoms. The number of rotatable bonds is 10. The van der Waals surface area contributed by atoms with Gasteiger partial charge in [0, 0.05) is 23.5 Å². The Morgan fingerprint density at radius 3 is 0.839 bits per heavy atom. The van der Waals surface area contributed by atoms with Crippen LogP contribution < -0.4 is 31.8 Å². The summed E-state index contributed by atoms with van der Waals surface area (Å²) in [6.45, 7) is 18.3. The van der Waals surface area contributed by atoms with Gasteiger partial charge in [-0.3, -0.25) is 10.2 Å². The molecule has 0 saturated carbocycles. The highest BCUT2D eigenvalue weighted by molar-refractivity contribution is 7.81. The Labute approximate surface area is 367 Å². The van der Waals surface area contributed by atoms with Crippen LogP contribution in [0, 0.1) is 55.4 Å². The van der Waals surface area contributed by atoms with Gasteiger partial charge in [0.15, 0.2) is 0 Å². The van der Waals surface area contributed by atoms with E-state index in [2.05, 4.69) is 220 Å². The van der Waals surface area contributed by atoms with Crippen molar-refractivity contribution in [2.24, 2.45) is 0 Å². The summed E-state index contributed by atoms with van der Waals surface area (Å²) < 4.78 is 0. The standard InChI is InChI=1S/C54H50N6P2/c1-33-13-9-14-34(2)51(33)61(52-35(3)15-10-16-36(52)4)49-29-46(42-23-27-44(28-24-42)48-32-56-60-58-48)50(30-45(49)41-21-25-43(26-22-41)47-31-55-59-57-47)62(53-37(5)17-11-18-38(53)6)54-39(7)19-12-20-40(54)8/h9-32H,1-8H3,(H,55,57,59)(H,56,58,60). The molecule has 0 saturated heterocycles. The summed E-state index contributed by atoms with van der Waals surface area (Å²) >= 11 is 0. The molecule has 2 N–H and O–H groups in total. The average molecular weight is 845 g/mol. The highest BCUT2D eigenvalue weighted by Crippen LogP contribution is 2.47. The summed E-state index contributed by atoms with van der Waals surface area (Å²) in [5.74, 6) is 0. The van der Waals surface area contributed by atoms with Crippen molar-refractivity contribution in [1.29, 1.82) is 0 Å². The van der Waals surface area contributed by atoms with Crippen LogP contribution in [0.15, 0.2) is 146 Å². The third-order valence-corrected chi connectivity index (χ3v) is 18.4. The topological polar surface area (TPSA) is 83.1 Å². The van der Waals surface area contributed by atoms with Crippen LogP contribution in [0.1, 0.15) is 44.5 Å². The normalized spacial score (nSPS) is 11.5. The van der Waals surface area contributed by atoms with Crippen LogP contribution in [0.3, 0.4) is 0 Å². The number of nitrogens with one attached hydrogen (secondary N) is 2. The Morgan fingerprint density at radius 1 is 0.339 bits per heavy atom. The van der Waals surface area contributed by atoms with Crippen molar-refractivity contribution < 1.29 is 0 Å². The zero-order valence-electron chi connectivity index (χ0n) is 36.5. The number of benzene rings is 7. The molecular formula is C54H50N6P2. The Kier molecular flexibility index (Phi) is 11.4. The molecular weight excluding hydrogens is 795 g/mol. The molecule has 0 aliphatic heterocycles. The number of aromatic nitrogens is 6. The van der Waals surface area contributed by atoms with Crippen LogP contribution in [0.5, 0.6) is 0 Å². The quantitative estimate of drug-likeness (QED) is 0.134. The van der Waals surface area contributed by atoms with Gasteiger partial charge in [-0.25, -0.2) is 0 Å².